The Bertz CT molecular complexity index is 919. The maximum absolute atomic E-state index is 12.5. The zero-order chi connectivity index (χ0) is 22.2. The van der Waals surface area contributed by atoms with Crippen LogP contribution in [0.1, 0.15) is 43.5 Å². The third-order valence-electron chi connectivity index (χ3n) is 5.00. The number of carbonyl (C=O) groups excluding carboxylic acids is 3. The second-order valence-electron chi connectivity index (χ2n) is 8.21. The Balaban J connectivity index is 1.48. The molecule has 31 heavy (non-hydrogen) atoms. The summed E-state index contributed by atoms with van der Waals surface area (Å²) in [6.07, 6.45) is 2.57. The Labute approximate surface area is 183 Å². The molecule has 2 aromatic carbocycles. The first-order valence-corrected chi connectivity index (χ1v) is 10.7. The van der Waals surface area contributed by atoms with Crippen molar-refractivity contribution in [1.82, 2.24) is 4.90 Å². The number of rotatable bonds is 8. The summed E-state index contributed by atoms with van der Waals surface area (Å²) in [7, 11) is 0. The summed E-state index contributed by atoms with van der Waals surface area (Å²) >= 11 is 0. The molecule has 3 N–H and O–H groups in total. The summed E-state index contributed by atoms with van der Waals surface area (Å²) in [6.45, 7) is 5.67. The Morgan fingerprint density at radius 2 is 1.48 bits per heavy atom. The monoisotopic (exact) mass is 422 g/mol. The molecule has 1 aliphatic rings. The summed E-state index contributed by atoms with van der Waals surface area (Å²) < 4.78 is 0. The van der Waals surface area contributed by atoms with Crippen molar-refractivity contribution in [2.24, 2.45) is 5.92 Å². The second-order valence-corrected chi connectivity index (χ2v) is 8.21. The molecule has 0 atom stereocenters. The van der Waals surface area contributed by atoms with Crippen LogP contribution in [0.4, 0.5) is 17.1 Å². The molecule has 7 nitrogen and oxygen atoms in total. The fourth-order valence-electron chi connectivity index (χ4n) is 3.47. The molecule has 3 amide bonds. The molecular formula is C24H30N4O3. The van der Waals surface area contributed by atoms with Crippen LogP contribution in [-0.2, 0) is 9.59 Å². The maximum Gasteiger partial charge on any atom is 0.253 e. The fourth-order valence-corrected chi connectivity index (χ4v) is 3.47. The second kappa shape index (κ2) is 10.6. The first-order chi connectivity index (χ1) is 14.9. The van der Waals surface area contributed by atoms with Gasteiger partial charge in [0.2, 0.25) is 11.8 Å². The van der Waals surface area contributed by atoms with Crippen LogP contribution in [0.2, 0.25) is 0 Å². The standard InChI is InChI=1S/C24H30N4O3/c1-17(2)14-22(29)26-19-8-10-20(11-9-19)27-23(30)16-25-21-7-5-6-18(15-21)24(31)28-12-3-4-13-28/h5-11,15,17,25H,3-4,12-14,16H2,1-2H3,(H,26,29)(H,27,30). The van der Waals surface area contributed by atoms with Gasteiger partial charge in [0.05, 0.1) is 6.54 Å². The van der Waals surface area contributed by atoms with Crippen molar-refractivity contribution in [3.63, 3.8) is 0 Å². The predicted octanol–water partition coefficient (Wildman–Crippen LogP) is 3.96. The van der Waals surface area contributed by atoms with Gasteiger partial charge in [0.25, 0.3) is 5.91 Å². The van der Waals surface area contributed by atoms with Crippen LogP contribution < -0.4 is 16.0 Å². The van der Waals surface area contributed by atoms with Gasteiger partial charge in [-0.3, -0.25) is 14.4 Å². The van der Waals surface area contributed by atoms with Crippen LogP contribution >= 0.6 is 0 Å². The highest BCUT2D eigenvalue weighted by atomic mass is 16.2. The van der Waals surface area contributed by atoms with E-state index in [9.17, 15) is 14.4 Å². The van der Waals surface area contributed by atoms with E-state index in [1.165, 1.54) is 0 Å². The minimum absolute atomic E-state index is 0.0265. The number of amides is 3. The van der Waals surface area contributed by atoms with E-state index in [1.54, 1.807) is 36.4 Å². The van der Waals surface area contributed by atoms with Gasteiger partial charge in [0, 0.05) is 42.1 Å². The molecule has 0 bridgehead atoms. The Morgan fingerprint density at radius 1 is 0.871 bits per heavy atom. The van der Waals surface area contributed by atoms with Gasteiger partial charge in [-0.1, -0.05) is 19.9 Å². The van der Waals surface area contributed by atoms with Gasteiger partial charge in [0.15, 0.2) is 0 Å². The van der Waals surface area contributed by atoms with Crippen LogP contribution in [0.25, 0.3) is 0 Å². The van der Waals surface area contributed by atoms with Crippen molar-refractivity contribution < 1.29 is 14.4 Å². The SMILES string of the molecule is CC(C)CC(=O)Nc1ccc(NC(=O)CNc2cccc(C(=O)N3CCCC3)c2)cc1. The number of hydrogen-bond donors (Lipinski definition) is 3. The topological polar surface area (TPSA) is 90.5 Å². The molecule has 0 radical (unpaired) electrons. The van der Waals surface area contributed by atoms with Crippen molar-refractivity contribution >= 4 is 34.8 Å². The Morgan fingerprint density at radius 3 is 2.10 bits per heavy atom. The third kappa shape index (κ3) is 6.84. The van der Waals surface area contributed by atoms with E-state index in [-0.39, 0.29) is 24.3 Å². The summed E-state index contributed by atoms with van der Waals surface area (Å²) in [5.41, 5.74) is 2.69. The number of hydrogen-bond acceptors (Lipinski definition) is 4. The summed E-state index contributed by atoms with van der Waals surface area (Å²) in [5.74, 6) is 0.102. The number of anilines is 3. The third-order valence-corrected chi connectivity index (χ3v) is 5.00. The zero-order valence-electron chi connectivity index (χ0n) is 18.1. The normalized spacial score (nSPS) is 13.2. The highest BCUT2D eigenvalue weighted by molar-refractivity contribution is 5.96. The minimum Gasteiger partial charge on any atom is -0.376 e. The molecule has 0 saturated carbocycles. The van der Waals surface area contributed by atoms with Gasteiger partial charge in [-0.2, -0.15) is 0 Å². The van der Waals surface area contributed by atoms with Gasteiger partial charge in [0.1, 0.15) is 0 Å². The molecule has 7 heteroatoms. The molecular weight excluding hydrogens is 392 g/mol. The summed E-state index contributed by atoms with van der Waals surface area (Å²) in [5, 5.41) is 8.72. The molecule has 1 aliphatic heterocycles. The lowest BCUT2D eigenvalue weighted by Crippen LogP contribution is -2.27. The van der Waals surface area contributed by atoms with Crippen LogP contribution in [0.5, 0.6) is 0 Å². The molecule has 0 aliphatic carbocycles. The van der Waals surface area contributed by atoms with Crippen LogP contribution in [0, 0.1) is 5.92 Å². The molecule has 1 heterocycles. The predicted molar refractivity (Wildman–Crippen MR) is 123 cm³/mol. The van der Waals surface area contributed by atoms with E-state index in [4.69, 9.17) is 0 Å². The number of carbonyl (C=O) groups is 3. The Hall–Kier alpha value is -3.35. The molecule has 2 aromatic rings. The smallest absolute Gasteiger partial charge is 0.253 e. The first kappa shape index (κ1) is 22.3. The molecule has 0 aromatic heterocycles. The van der Waals surface area contributed by atoms with Crippen molar-refractivity contribution in [2.45, 2.75) is 33.1 Å². The van der Waals surface area contributed by atoms with E-state index >= 15 is 0 Å². The lowest BCUT2D eigenvalue weighted by molar-refractivity contribution is -0.117. The van der Waals surface area contributed by atoms with Gasteiger partial charge < -0.3 is 20.9 Å². The maximum atomic E-state index is 12.5. The zero-order valence-corrected chi connectivity index (χ0v) is 18.1. The molecule has 164 valence electrons. The molecule has 0 spiro atoms. The number of nitrogens with one attached hydrogen (secondary N) is 3. The number of likely N-dealkylation sites (tertiary alicyclic amines) is 1. The van der Waals surface area contributed by atoms with E-state index in [2.05, 4.69) is 16.0 Å². The minimum atomic E-state index is -0.201. The van der Waals surface area contributed by atoms with Crippen LogP contribution in [0.15, 0.2) is 48.5 Å². The number of benzene rings is 2. The van der Waals surface area contributed by atoms with Crippen molar-refractivity contribution in [1.29, 1.82) is 0 Å². The Kier molecular flexibility index (Phi) is 7.65. The lowest BCUT2D eigenvalue weighted by atomic mass is 10.1. The van der Waals surface area contributed by atoms with Crippen LogP contribution in [0.3, 0.4) is 0 Å². The summed E-state index contributed by atoms with van der Waals surface area (Å²) in [4.78, 5) is 38.5. The van der Waals surface area contributed by atoms with Crippen molar-refractivity contribution in [3.8, 4) is 0 Å². The van der Waals surface area contributed by atoms with E-state index in [0.29, 0.717) is 29.3 Å². The van der Waals surface area contributed by atoms with Crippen molar-refractivity contribution in [2.75, 3.05) is 35.6 Å². The largest absolute Gasteiger partial charge is 0.376 e. The molecule has 3 rings (SSSR count). The van der Waals surface area contributed by atoms with Gasteiger partial charge in [-0.15, -0.1) is 0 Å². The molecule has 1 fully saturated rings. The van der Waals surface area contributed by atoms with E-state index in [1.807, 2.05) is 30.9 Å². The first-order valence-electron chi connectivity index (χ1n) is 10.7. The van der Waals surface area contributed by atoms with E-state index < -0.39 is 0 Å². The average molecular weight is 423 g/mol. The van der Waals surface area contributed by atoms with E-state index in [0.717, 1.165) is 31.6 Å². The van der Waals surface area contributed by atoms with Gasteiger partial charge in [-0.05, 0) is 61.2 Å². The highest BCUT2D eigenvalue weighted by Crippen LogP contribution is 2.17. The quantitative estimate of drug-likeness (QED) is 0.601. The lowest BCUT2D eigenvalue weighted by Gasteiger charge is -2.16. The average Bonchev–Trinajstić information content (AvgIpc) is 3.28. The highest BCUT2D eigenvalue weighted by Gasteiger charge is 2.19. The fraction of sp³-hybridized carbons (Fsp3) is 0.375. The van der Waals surface area contributed by atoms with Gasteiger partial charge >= 0.3 is 0 Å². The molecule has 0 unspecified atom stereocenters. The molecule has 1 saturated heterocycles. The number of nitrogens with zero attached hydrogens (tertiary/aromatic N) is 1. The summed E-state index contributed by atoms with van der Waals surface area (Å²) in [6, 6.07) is 14.2. The van der Waals surface area contributed by atoms with Gasteiger partial charge in [-0.25, -0.2) is 0 Å². The van der Waals surface area contributed by atoms with Crippen LogP contribution in [-0.4, -0.2) is 42.3 Å². The van der Waals surface area contributed by atoms with Crippen molar-refractivity contribution in [3.05, 3.63) is 54.1 Å².